The molecule has 2 nitrogen and oxygen atoms in total. The standard InChI is InChI=1S/C14H28N2S/c1-14(2,12-5-4-7-15-9-12)11-16(3)13-6-8-17-10-13/h12-13,15H,4-11H2,1-3H3. The third-order valence-corrected chi connectivity index (χ3v) is 5.73. The zero-order valence-electron chi connectivity index (χ0n) is 11.7. The molecule has 0 spiro atoms. The average molecular weight is 256 g/mol. The number of nitrogens with zero attached hydrogens (tertiary/aromatic N) is 1. The van der Waals surface area contributed by atoms with E-state index in [9.17, 15) is 0 Å². The predicted octanol–water partition coefficient (Wildman–Crippen LogP) is 2.45. The highest BCUT2D eigenvalue weighted by atomic mass is 32.2. The molecule has 2 aliphatic heterocycles. The molecule has 0 aliphatic carbocycles. The summed E-state index contributed by atoms with van der Waals surface area (Å²) in [6.45, 7) is 8.62. The molecule has 2 heterocycles. The van der Waals surface area contributed by atoms with Crippen LogP contribution in [-0.4, -0.2) is 49.1 Å². The summed E-state index contributed by atoms with van der Waals surface area (Å²) in [6, 6.07) is 0.829. The Hall–Kier alpha value is 0.270. The van der Waals surface area contributed by atoms with Crippen LogP contribution in [0.2, 0.25) is 0 Å². The molecule has 0 amide bonds. The summed E-state index contributed by atoms with van der Waals surface area (Å²) in [6.07, 6.45) is 4.16. The van der Waals surface area contributed by atoms with Crippen molar-refractivity contribution in [2.24, 2.45) is 11.3 Å². The van der Waals surface area contributed by atoms with Crippen molar-refractivity contribution in [2.75, 3.05) is 38.2 Å². The zero-order valence-corrected chi connectivity index (χ0v) is 12.5. The third-order valence-electron chi connectivity index (χ3n) is 4.59. The molecule has 1 N–H and O–H groups in total. The molecule has 2 saturated heterocycles. The van der Waals surface area contributed by atoms with E-state index in [2.05, 4.69) is 42.9 Å². The first-order valence-corrected chi connectivity index (χ1v) is 8.24. The summed E-state index contributed by atoms with van der Waals surface area (Å²) in [5.41, 5.74) is 0.454. The van der Waals surface area contributed by atoms with Gasteiger partial charge in [0.15, 0.2) is 0 Å². The molecule has 2 fully saturated rings. The lowest BCUT2D eigenvalue weighted by Gasteiger charge is -2.41. The van der Waals surface area contributed by atoms with Crippen molar-refractivity contribution >= 4 is 11.8 Å². The molecule has 2 rings (SSSR count). The molecule has 0 aromatic heterocycles. The molecule has 0 saturated carbocycles. The number of piperidine rings is 1. The largest absolute Gasteiger partial charge is 0.316 e. The van der Waals surface area contributed by atoms with Gasteiger partial charge in [0.2, 0.25) is 0 Å². The SMILES string of the molecule is CN(CC(C)(C)C1CCCNC1)C1CCSC1. The minimum Gasteiger partial charge on any atom is -0.316 e. The van der Waals surface area contributed by atoms with Crippen molar-refractivity contribution in [3.8, 4) is 0 Å². The first-order valence-electron chi connectivity index (χ1n) is 7.08. The minimum atomic E-state index is 0.454. The Morgan fingerprint density at radius 1 is 1.35 bits per heavy atom. The third kappa shape index (κ3) is 3.62. The maximum atomic E-state index is 3.56. The molecule has 2 aliphatic rings. The molecule has 0 radical (unpaired) electrons. The van der Waals surface area contributed by atoms with E-state index < -0.39 is 0 Å². The molecular weight excluding hydrogens is 228 g/mol. The second-order valence-corrected chi connectivity index (χ2v) is 7.61. The fraction of sp³-hybridized carbons (Fsp3) is 1.00. The van der Waals surface area contributed by atoms with Gasteiger partial charge in [0.1, 0.15) is 0 Å². The lowest BCUT2D eigenvalue weighted by atomic mass is 9.74. The number of hydrogen-bond donors (Lipinski definition) is 1. The van der Waals surface area contributed by atoms with Crippen LogP contribution in [-0.2, 0) is 0 Å². The Kier molecular flexibility index (Phi) is 4.79. The van der Waals surface area contributed by atoms with E-state index in [1.165, 1.54) is 50.4 Å². The monoisotopic (exact) mass is 256 g/mol. The van der Waals surface area contributed by atoms with Gasteiger partial charge in [-0.05, 0) is 56.5 Å². The highest BCUT2D eigenvalue weighted by molar-refractivity contribution is 7.99. The molecule has 0 aromatic rings. The zero-order chi connectivity index (χ0) is 12.3. The fourth-order valence-corrected chi connectivity index (χ4v) is 4.59. The quantitative estimate of drug-likeness (QED) is 0.832. The van der Waals surface area contributed by atoms with Gasteiger partial charge in [-0.15, -0.1) is 0 Å². The van der Waals surface area contributed by atoms with Crippen LogP contribution in [0.4, 0.5) is 0 Å². The van der Waals surface area contributed by atoms with Crippen LogP contribution in [0, 0.1) is 11.3 Å². The minimum absolute atomic E-state index is 0.454. The van der Waals surface area contributed by atoms with Crippen molar-refractivity contribution in [3.63, 3.8) is 0 Å². The first kappa shape index (κ1) is 13.7. The Balaban J connectivity index is 1.86. The highest BCUT2D eigenvalue weighted by Gasteiger charge is 2.33. The molecular formula is C14H28N2S. The van der Waals surface area contributed by atoms with Gasteiger partial charge in [0.05, 0.1) is 0 Å². The van der Waals surface area contributed by atoms with Crippen molar-refractivity contribution in [1.82, 2.24) is 10.2 Å². The number of hydrogen-bond acceptors (Lipinski definition) is 3. The van der Waals surface area contributed by atoms with E-state index in [0.717, 1.165) is 12.0 Å². The smallest absolute Gasteiger partial charge is 0.0191 e. The van der Waals surface area contributed by atoms with E-state index in [4.69, 9.17) is 0 Å². The number of thioether (sulfide) groups is 1. The van der Waals surface area contributed by atoms with Gasteiger partial charge in [0.25, 0.3) is 0 Å². The number of rotatable bonds is 4. The summed E-state index contributed by atoms with van der Waals surface area (Å²) in [5.74, 6) is 3.56. The summed E-state index contributed by atoms with van der Waals surface area (Å²) in [5, 5.41) is 3.56. The summed E-state index contributed by atoms with van der Waals surface area (Å²) in [7, 11) is 2.33. The fourth-order valence-electron chi connectivity index (χ4n) is 3.29. The van der Waals surface area contributed by atoms with Gasteiger partial charge in [-0.2, -0.15) is 11.8 Å². The molecule has 100 valence electrons. The maximum Gasteiger partial charge on any atom is 0.0191 e. The van der Waals surface area contributed by atoms with Gasteiger partial charge in [-0.3, -0.25) is 0 Å². The Bertz CT molecular complexity index is 230. The van der Waals surface area contributed by atoms with Crippen LogP contribution in [0.1, 0.15) is 33.1 Å². The van der Waals surface area contributed by atoms with Crippen LogP contribution in [0.3, 0.4) is 0 Å². The van der Waals surface area contributed by atoms with Gasteiger partial charge >= 0.3 is 0 Å². The van der Waals surface area contributed by atoms with E-state index in [-0.39, 0.29) is 0 Å². The predicted molar refractivity (Wildman–Crippen MR) is 77.7 cm³/mol. The molecule has 3 heteroatoms. The maximum absolute atomic E-state index is 3.56. The first-order chi connectivity index (χ1) is 8.09. The van der Waals surface area contributed by atoms with Crippen molar-refractivity contribution < 1.29 is 0 Å². The van der Waals surface area contributed by atoms with Crippen LogP contribution in [0.5, 0.6) is 0 Å². The van der Waals surface area contributed by atoms with E-state index in [1.54, 1.807) is 0 Å². The van der Waals surface area contributed by atoms with E-state index >= 15 is 0 Å². The van der Waals surface area contributed by atoms with Crippen LogP contribution in [0.15, 0.2) is 0 Å². The second kappa shape index (κ2) is 5.94. The molecule has 0 bridgehead atoms. The molecule has 2 atom stereocenters. The molecule has 17 heavy (non-hydrogen) atoms. The van der Waals surface area contributed by atoms with Crippen molar-refractivity contribution in [2.45, 2.75) is 39.2 Å². The van der Waals surface area contributed by atoms with Crippen molar-refractivity contribution in [3.05, 3.63) is 0 Å². The highest BCUT2D eigenvalue weighted by Crippen LogP contribution is 2.34. The van der Waals surface area contributed by atoms with Crippen LogP contribution in [0.25, 0.3) is 0 Å². The van der Waals surface area contributed by atoms with Crippen LogP contribution < -0.4 is 5.32 Å². The van der Waals surface area contributed by atoms with E-state index in [1.807, 2.05) is 0 Å². The second-order valence-electron chi connectivity index (χ2n) is 6.46. The Morgan fingerprint density at radius 2 is 2.18 bits per heavy atom. The summed E-state index contributed by atoms with van der Waals surface area (Å²) >= 11 is 2.12. The lowest BCUT2D eigenvalue weighted by molar-refractivity contribution is 0.0971. The van der Waals surface area contributed by atoms with Gasteiger partial charge in [0, 0.05) is 18.3 Å². The summed E-state index contributed by atoms with van der Waals surface area (Å²) < 4.78 is 0. The average Bonchev–Trinajstić information content (AvgIpc) is 2.83. The molecule has 0 aromatic carbocycles. The van der Waals surface area contributed by atoms with Crippen LogP contribution >= 0.6 is 11.8 Å². The van der Waals surface area contributed by atoms with Gasteiger partial charge in [-0.1, -0.05) is 13.8 Å². The summed E-state index contributed by atoms with van der Waals surface area (Å²) in [4.78, 5) is 2.62. The molecule has 2 unspecified atom stereocenters. The van der Waals surface area contributed by atoms with E-state index in [0.29, 0.717) is 5.41 Å². The normalized spacial score (nSPS) is 31.1. The Morgan fingerprint density at radius 3 is 2.76 bits per heavy atom. The van der Waals surface area contributed by atoms with Crippen molar-refractivity contribution in [1.29, 1.82) is 0 Å². The number of nitrogens with one attached hydrogen (secondary N) is 1. The Labute approximate surface area is 111 Å². The topological polar surface area (TPSA) is 15.3 Å². The van der Waals surface area contributed by atoms with Gasteiger partial charge in [-0.25, -0.2) is 0 Å². The lowest BCUT2D eigenvalue weighted by Crippen LogP contribution is -2.46. The van der Waals surface area contributed by atoms with Gasteiger partial charge < -0.3 is 10.2 Å².